The highest BCUT2D eigenvalue weighted by Gasteiger charge is 2.30. The van der Waals surface area contributed by atoms with Crippen LogP contribution in [-0.2, 0) is 6.42 Å². The number of hydrogen-bond donors (Lipinski definition) is 2. The molecule has 2 unspecified atom stereocenters. The Morgan fingerprint density at radius 3 is 2.89 bits per heavy atom. The lowest BCUT2D eigenvalue weighted by atomic mass is 9.96. The van der Waals surface area contributed by atoms with Crippen molar-refractivity contribution < 1.29 is 19.7 Å². The fraction of sp³-hybridized carbons (Fsp3) is 0.500. The van der Waals surface area contributed by atoms with E-state index in [1.165, 1.54) is 6.92 Å². The van der Waals surface area contributed by atoms with E-state index in [9.17, 15) is 9.90 Å². The van der Waals surface area contributed by atoms with Crippen molar-refractivity contribution in [3.63, 3.8) is 0 Å². The van der Waals surface area contributed by atoms with Crippen molar-refractivity contribution in [3.8, 4) is 5.75 Å². The largest absolute Gasteiger partial charge is 0.490 e. The highest BCUT2D eigenvalue weighted by Crippen LogP contribution is 2.32. The molecule has 0 saturated carbocycles. The summed E-state index contributed by atoms with van der Waals surface area (Å²) in [6.45, 7) is 2.83. The SMILES string of the molecule is CC(=O)c1ccc2c(c1)CC(CC(C)(O)CO)O2. The molecule has 2 N–H and O–H groups in total. The lowest BCUT2D eigenvalue weighted by Crippen LogP contribution is -2.35. The van der Waals surface area contributed by atoms with E-state index in [0.29, 0.717) is 18.4 Å². The number of ether oxygens (including phenoxy) is 1. The predicted molar refractivity (Wildman–Crippen MR) is 66.9 cm³/mol. The molecule has 0 bridgehead atoms. The van der Waals surface area contributed by atoms with Gasteiger partial charge in [0.15, 0.2) is 5.78 Å². The number of hydrogen-bond acceptors (Lipinski definition) is 4. The average Bonchev–Trinajstić information content (AvgIpc) is 2.68. The zero-order valence-electron chi connectivity index (χ0n) is 10.6. The molecule has 0 amide bonds. The smallest absolute Gasteiger partial charge is 0.159 e. The van der Waals surface area contributed by atoms with Crippen molar-refractivity contribution in [2.75, 3.05) is 6.61 Å². The molecule has 0 aliphatic carbocycles. The molecule has 2 rings (SSSR count). The normalized spacial score (nSPS) is 21.0. The number of aliphatic hydroxyl groups is 2. The summed E-state index contributed by atoms with van der Waals surface area (Å²) in [4.78, 5) is 11.3. The molecule has 1 aliphatic heterocycles. The summed E-state index contributed by atoms with van der Waals surface area (Å²) < 4.78 is 5.70. The van der Waals surface area contributed by atoms with Gasteiger partial charge in [0.1, 0.15) is 11.9 Å². The fourth-order valence-electron chi connectivity index (χ4n) is 2.21. The number of Topliss-reactive ketones (excluding diaryl/α,β-unsaturated/α-hetero) is 1. The van der Waals surface area contributed by atoms with Crippen LogP contribution in [0.15, 0.2) is 18.2 Å². The summed E-state index contributed by atoms with van der Waals surface area (Å²) in [5.41, 5.74) is 0.532. The molecular formula is C14H18O4. The van der Waals surface area contributed by atoms with Crippen LogP contribution in [0.1, 0.15) is 36.2 Å². The maximum atomic E-state index is 11.3. The van der Waals surface area contributed by atoms with Crippen LogP contribution in [-0.4, -0.2) is 34.3 Å². The Bertz CT molecular complexity index is 465. The van der Waals surface area contributed by atoms with Crippen molar-refractivity contribution in [1.29, 1.82) is 0 Å². The van der Waals surface area contributed by atoms with Gasteiger partial charge in [-0.15, -0.1) is 0 Å². The van der Waals surface area contributed by atoms with Gasteiger partial charge in [0.05, 0.1) is 12.2 Å². The number of aliphatic hydroxyl groups excluding tert-OH is 1. The Balaban J connectivity index is 2.11. The molecular weight excluding hydrogens is 232 g/mol. The first kappa shape index (κ1) is 13.1. The molecule has 0 aromatic heterocycles. The third-order valence-electron chi connectivity index (χ3n) is 3.22. The summed E-state index contributed by atoms with van der Waals surface area (Å²) in [5.74, 6) is 0.794. The second-order valence-electron chi connectivity index (χ2n) is 5.18. The molecule has 0 radical (unpaired) electrons. The third-order valence-corrected chi connectivity index (χ3v) is 3.22. The van der Waals surface area contributed by atoms with E-state index < -0.39 is 5.60 Å². The number of carbonyl (C=O) groups excluding carboxylic acids is 1. The van der Waals surface area contributed by atoms with Crippen molar-refractivity contribution >= 4 is 5.78 Å². The first-order chi connectivity index (χ1) is 8.41. The minimum absolute atomic E-state index is 0.0311. The van der Waals surface area contributed by atoms with Crippen LogP contribution in [0.2, 0.25) is 0 Å². The van der Waals surface area contributed by atoms with Crippen LogP contribution in [0.5, 0.6) is 5.75 Å². The first-order valence-corrected chi connectivity index (χ1v) is 6.05. The highest BCUT2D eigenvalue weighted by molar-refractivity contribution is 5.94. The maximum Gasteiger partial charge on any atom is 0.159 e. The molecule has 0 saturated heterocycles. The van der Waals surface area contributed by atoms with E-state index in [-0.39, 0.29) is 18.5 Å². The Morgan fingerprint density at radius 2 is 2.28 bits per heavy atom. The van der Waals surface area contributed by atoms with Gasteiger partial charge < -0.3 is 14.9 Å². The molecule has 0 spiro atoms. The standard InChI is InChI=1S/C14H18O4/c1-9(16)10-3-4-13-11(5-10)6-12(18-13)7-14(2,17)8-15/h3-5,12,15,17H,6-8H2,1-2H3. The van der Waals surface area contributed by atoms with Gasteiger partial charge in [0.25, 0.3) is 0 Å². The molecule has 2 atom stereocenters. The summed E-state index contributed by atoms with van der Waals surface area (Å²) >= 11 is 0. The lowest BCUT2D eigenvalue weighted by Gasteiger charge is -2.23. The van der Waals surface area contributed by atoms with E-state index in [4.69, 9.17) is 9.84 Å². The topological polar surface area (TPSA) is 66.8 Å². The van der Waals surface area contributed by atoms with Crippen LogP contribution >= 0.6 is 0 Å². The third kappa shape index (κ3) is 2.71. The second-order valence-corrected chi connectivity index (χ2v) is 5.18. The van der Waals surface area contributed by atoms with E-state index in [1.807, 2.05) is 6.07 Å². The molecule has 98 valence electrons. The maximum absolute atomic E-state index is 11.3. The molecule has 4 heteroatoms. The molecule has 0 fully saturated rings. The van der Waals surface area contributed by atoms with Gasteiger partial charge >= 0.3 is 0 Å². The number of ketones is 1. The van der Waals surface area contributed by atoms with E-state index in [1.54, 1.807) is 19.1 Å². The van der Waals surface area contributed by atoms with Crippen molar-refractivity contribution in [2.45, 2.75) is 38.4 Å². The first-order valence-electron chi connectivity index (χ1n) is 6.05. The fourth-order valence-corrected chi connectivity index (χ4v) is 2.21. The average molecular weight is 250 g/mol. The van der Waals surface area contributed by atoms with Gasteiger partial charge in [-0.2, -0.15) is 0 Å². The van der Waals surface area contributed by atoms with Crippen LogP contribution in [0.25, 0.3) is 0 Å². The molecule has 1 aliphatic rings. The van der Waals surface area contributed by atoms with E-state index in [0.717, 1.165) is 11.3 Å². The Labute approximate surface area is 106 Å². The number of benzene rings is 1. The zero-order chi connectivity index (χ0) is 13.3. The van der Waals surface area contributed by atoms with Gasteiger partial charge in [0, 0.05) is 18.4 Å². The summed E-state index contributed by atoms with van der Waals surface area (Å²) in [6, 6.07) is 5.37. The molecule has 1 aromatic rings. The van der Waals surface area contributed by atoms with E-state index >= 15 is 0 Å². The van der Waals surface area contributed by atoms with Gasteiger partial charge in [-0.25, -0.2) is 0 Å². The quantitative estimate of drug-likeness (QED) is 0.791. The minimum Gasteiger partial charge on any atom is -0.490 e. The number of carbonyl (C=O) groups is 1. The monoisotopic (exact) mass is 250 g/mol. The molecule has 4 nitrogen and oxygen atoms in total. The van der Waals surface area contributed by atoms with Crippen LogP contribution in [0.4, 0.5) is 0 Å². The van der Waals surface area contributed by atoms with Crippen molar-refractivity contribution in [3.05, 3.63) is 29.3 Å². The summed E-state index contributed by atoms with van der Waals surface area (Å²) in [5, 5.41) is 18.9. The Kier molecular flexibility index (Phi) is 3.41. The molecule has 1 aromatic carbocycles. The Hall–Kier alpha value is -1.39. The minimum atomic E-state index is -1.13. The van der Waals surface area contributed by atoms with Crippen LogP contribution < -0.4 is 4.74 Å². The van der Waals surface area contributed by atoms with Gasteiger partial charge in [-0.05, 0) is 37.6 Å². The zero-order valence-corrected chi connectivity index (χ0v) is 10.6. The molecule has 1 heterocycles. The highest BCUT2D eigenvalue weighted by atomic mass is 16.5. The number of rotatable bonds is 4. The summed E-state index contributed by atoms with van der Waals surface area (Å²) in [7, 11) is 0. The second kappa shape index (κ2) is 4.71. The predicted octanol–water partition coefficient (Wildman–Crippen LogP) is 1.33. The molecule has 18 heavy (non-hydrogen) atoms. The van der Waals surface area contributed by atoms with Gasteiger partial charge in [0.2, 0.25) is 0 Å². The summed E-state index contributed by atoms with van der Waals surface area (Å²) in [6.07, 6.45) is 0.879. The van der Waals surface area contributed by atoms with Gasteiger partial charge in [-0.1, -0.05) is 0 Å². The van der Waals surface area contributed by atoms with Crippen LogP contribution in [0.3, 0.4) is 0 Å². The van der Waals surface area contributed by atoms with Gasteiger partial charge in [-0.3, -0.25) is 4.79 Å². The lowest BCUT2D eigenvalue weighted by molar-refractivity contribution is -0.0276. The van der Waals surface area contributed by atoms with Crippen LogP contribution in [0, 0.1) is 0 Å². The van der Waals surface area contributed by atoms with E-state index in [2.05, 4.69) is 0 Å². The van der Waals surface area contributed by atoms with Crippen molar-refractivity contribution in [2.24, 2.45) is 0 Å². The Morgan fingerprint density at radius 1 is 1.56 bits per heavy atom. The van der Waals surface area contributed by atoms with Crippen molar-refractivity contribution in [1.82, 2.24) is 0 Å². The number of fused-ring (bicyclic) bond motifs is 1.